The largest absolute Gasteiger partial charge is 0.416 e. The second-order valence-electron chi connectivity index (χ2n) is 7.38. The average molecular weight is 467 g/mol. The first-order chi connectivity index (χ1) is 15.4. The first-order valence-electron chi connectivity index (χ1n) is 9.40. The zero-order valence-corrected chi connectivity index (χ0v) is 16.9. The number of carbonyl (C=O) groups is 1. The van der Waals surface area contributed by atoms with Crippen molar-refractivity contribution >= 4 is 28.3 Å². The average Bonchev–Trinajstić information content (AvgIpc) is 3.23. The van der Waals surface area contributed by atoms with E-state index in [1.54, 1.807) is 4.40 Å². The van der Waals surface area contributed by atoms with Gasteiger partial charge in [-0.05, 0) is 35.9 Å². The van der Waals surface area contributed by atoms with Gasteiger partial charge in [-0.25, -0.2) is 9.97 Å². The molecule has 0 radical (unpaired) electrons. The molecule has 0 atom stereocenters. The smallest absolute Gasteiger partial charge is 0.382 e. The number of amides is 1. The van der Waals surface area contributed by atoms with E-state index in [0.717, 1.165) is 11.0 Å². The van der Waals surface area contributed by atoms with Crippen LogP contribution in [-0.4, -0.2) is 32.2 Å². The number of hydrogen-bond acceptors (Lipinski definition) is 4. The fourth-order valence-corrected chi connectivity index (χ4v) is 3.51. The van der Waals surface area contributed by atoms with Crippen molar-refractivity contribution in [2.24, 2.45) is 0 Å². The fraction of sp³-hybridized carbons (Fsp3) is 0.190. The highest BCUT2D eigenvalue weighted by molar-refractivity contribution is 5.98. The van der Waals surface area contributed by atoms with E-state index in [0.29, 0.717) is 22.6 Å². The Balaban J connectivity index is 1.68. The normalized spacial score (nSPS) is 12.5. The Hall–Kier alpha value is -3.83. The van der Waals surface area contributed by atoms with Crippen LogP contribution in [0.5, 0.6) is 0 Å². The summed E-state index contributed by atoms with van der Waals surface area (Å²) in [6.07, 6.45) is -6.99. The van der Waals surface area contributed by atoms with E-state index >= 15 is 0 Å². The van der Waals surface area contributed by atoms with Crippen molar-refractivity contribution in [3.8, 4) is 0 Å². The Bertz CT molecular complexity index is 1380. The molecule has 12 heteroatoms. The van der Waals surface area contributed by atoms with Crippen LogP contribution in [0.1, 0.15) is 27.0 Å². The first-order valence-corrected chi connectivity index (χ1v) is 9.40. The minimum atomic E-state index is -5.03. The molecule has 172 valence electrons. The Labute approximate surface area is 182 Å². The number of nitrogens with two attached hydrogens (primary N) is 1. The first kappa shape index (κ1) is 22.4. The SMILES string of the molecule is CN(Cc1ccc(C(F)(F)F)cc1C(F)(F)F)C(=O)c1ccc2nc(N)c3cncn3c2c1. The van der Waals surface area contributed by atoms with Crippen LogP contribution in [0, 0.1) is 0 Å². The molecule has 0 aliphatic rings. The number of carbonyl (C=O) groups excluding carboxylic acids is 1. The van der Waals surface area contributed by atoms with Crippen LogP contribution in [0.25, 0.3) is 16.6 Å². The standard InChI is InChI=1S/C21H15F6N5O/c1-31(9-12-2-4-13(20(22,23)24)7-14(12)21(25,26)27)19(33)11-3-5-15-16(6-11)32-10-29-8-17(32)18(28)30-15/h2-8,10H,9H2,1H3,(H2,28,30). The zero-order chi connectivity index (χ0) is 24.1. The predicted octanol–water partition coefficient (Wildman–Crippen LogP) is 4.77. The summed E-state index contributed by atoms with van der Waals surface area (Å²) < 4.78 is 80.5. The molecule has 0 unspecified atom stereocenters. The molecule has 2 aromatic carbocycles. The van der Waals surface area contributed by atoms with Gasteiger partial charge in [0.2, 0.25) is 0 Å². The van der Waals surface area contributed by atoms with Crippen molar-refractivity contribution in [1.82, 2.24) is 19.3 Å². The minimum Gasteiger partial charge on any atom is -0.382 e. The van der Waals surface area contributed by atoms with Crippen LogP contribution in [0.15, 0.2) is 48.9 Å². The second-order valence-corrected chi connectivity index (χ2v) is 7.38. The van der Waals surface area contributed by atoms with Crippen molar-refractivity contribution in [2.45, 2.75) is 18.9 Å². The number of fused-ring (bicyclic) bond motifs is 3. The predicted molar refractivity (Wildman–Crippen MR) is 107 cm³/mol. The number of anilines is 1. The second kappa shape index (κ2) is 7.64. The van der Waals surface area contributed by atoms with E-state index in [2.05, 4.69) is 9.97 Å². The molecule has 0 bridgehead atoms. The van der Waals surface area contributed by atoms with Crippen molar-refractivity contribution in [3.05, 3.63) is 71.2 Å². The Morgan fingerprint density at radius 3 is 2.42 bits per heavy atom. The lowest BCUT2D eigenvalue weighted by Crippen LogP contribution is -2.27. The van der Waals surface area contributed by atoms with Gasteiger partial charge in [0, 0.05) is 19.2 Å². The molecule has 0 aliphatic heterocycles. The quantitative estimate of drug-likeness (QED) is 0.441. The molecular weight excluding hydrogens is 452 g/mol. The van der Waals surface area contributed by atoms with E-state index in [4.69, 9.17) is 5.73 Å². The number of aromatic nitrogens is 3. The van der Waals surface area contributed by atoms with Gasteiger partial charge in [0.05, 0.1) is 34.7 Å². The Morgan fingerprint density at radius 2 is 1.76 bits per heavy atom. The zero-order valence-electron chi connectivity index (χ0n) is 16.9. The molecular formula is C21H15F6N5O. The fourth-order valence-electron chi connectivity index (χ4n) is 3.51. The summed E-state index contributed by atoms with van der Waals surface area (Å²) in [4.78, 5) is 22.1. The number of nitrogens with zero attached hydrogens (tertiary/aromatic N) is 4. The summed E-state index contributed by atoms with van der Waals surface area (Å²) in [5.74, 6) is -0.395. The lowest BCUT2D eigenvalue weighted by Gasteiger charge is -2.21. The lowest BCUT2D eigenvalue weighted by atomic mass is 10.0. The third-order valence-corrected chi connectivity index (χ3v) is 5.12. The highest BCUT2D eigenvalue weighted by Crippen LogP contribution is 2.37. The molecule has 1 amide bonds. The van der Waals surface area contributed by atoms with Crippen molar-refractivity contribution < 1.29 is 31.1 Å². The summed E-state index contributed by atoms with van der Waals surface area (Å²) in [6.45, 7) is -0.551. The van der Waals surface area contributed by atoms with Crippen LogP contribution < -0.4 is 5.73 Å². The van der Waals surface area contributed by atoms with Crippen molar-refractivity contribution in [3.63, 3.8) is 0 Å². The Kier molecular flexibility index (Phi) is 5.18. The number of halogens is 6. The molecule has 0 fully saturated rings. The molecule has 0 aliphatic carbocycles. The molecule has 2 heterocycles. The third-order valence-electron chi connectivity index (χ3n) is 5.12. The van der Waals surface area contributed by atoms with Gasteiger partial charge in [0.25, 0.3) is 5.91 Å². The van der Waals surface area contributed by atoms with E-state index in [1.165, 1.54) is 37.8 Å². The molecule has 4 rings (SSSR count). The number of imidazole rings is 1. The van der Waals surface area contributed by atoms with Gasteiger partial charge in [-0.15, -0.1) is 0 Å². The van der Waals surface area contributed by atoms with Crippen LogP contribution in [-0.2, 0) is 18.9 Å². The number of nitrogen functional groups attached to an aromatic ring is 1. The maximum atomic E-state index is 13.4. The summed E-state index contributed by atoms with van der Waals surface area (Å²) in [6, 6.07) is 5.81. The summed E-state index contributed by atoms with van der Waals surface area (Å²) in [7, 11) is 1.26. The molecule has 0 saturated heterocycles. The molecule has 4 aromatic rings. The van der Waals surface area contributed by atoms with Gasteiger partial charge in [0.15, 0.2) is 0 Å². The summed E-state index contributed by atoms with van der Waals surface area (Å²) in [5, 5.41) is 0. The summed E-state index contributed by atoms with van der Waals surface area (Å²) >= 11 is 0. The molecule has 2 N–H and O–H groups in total. The van der Waals surface area contributed by atoms with Crippen molar-refractivity contribution in [2.75, 3.05) is 12.8 Å². The van der Waals surface area contributed by atoms with E-state index in [1.807, 2.05) is 0 Å². The Morgan fingerprint density at radius 1 is 1.03 bits per heavy atom. The van der Waals surface area contributed by atoms with Gasteiger partial charge in [-0.3, -0.25) is 9.20 Å². The van der Waals surface area contributed by atoms with Crippen LogP contribution in [0.3, 0.4) is 0 Å². The molecule has 33 heavy (non-hydrogen) atoms. The highest BCUT2D eigenvalue weighted by Gasteiger charge is 2.38. The van der Waals surface area contributed by atoms with Crippen LogP contribution in [0.2, 0.25) is 0 Å². The molecule has 0 spiro atoms. The molecule has 0 saturated carbocycles. The maximum absolute atomic E-state index is 13.4. The van der Waals surface area contributed by atoms with Gasteiger partial charge in [0.1, 0.15) is 11.3 Å². The van der Waals surface area contributed by atoms with Crippen LogP contribution in [0.4, 0.5) is 32.2 Å². The number of benzene rings is 2. The van der Waals surface area contributed by atoms with E-state index in [9.17, 15) is 31.1 Å². The molecule has 2 aromatic heterocycles. The number of hydrogen-bond donors (Lipinski definition) is 1. The van der Waals surface area contributed by atoms with E-state index < -0.39 is 41.5 Å². The number of alkyl halides is 6. The molecule has 6 nitrogen and oxygen atoms in total. The monoisotopic (exact) mass is 467 g/mol. The van der Waals surface area contributed by atoms with Gasteiger partial charge < -0.3 is 10.6 Å². The van der Waals surface area contributed by atoms with Gasteiger partial charge >= 0.3 is 12.4 Å². The topological polar surface area (TPSA) is 76.5 Å². The summed E-state index contributed by atoms with van der Waals surface area (Å²) in [5.41, 5.74) is 4.18. The minimum absolute atomic E-state index is 0.0511. The highest BCUT2D eigenvalue weighted by atomic mass is 19.4. The third kappa shape index (κ3) is 4.15. The maximum Gasteiger partial charge on any atom is 0.416 e. The van der Waals surface area contributed by atoms with Crippen molar-refractivity contribution in [1.29, 1.82) is 0 Å². The lowest BCUT2D eigenvalue weighted by molar-refractivity contribution is -0.143. The van der Waals surface area contributed by atoms with Gasteiger partial charge in [-0.1, -0.05) is 6.07 Å². The van der Waals surface area contributed by atoms with Gasteiger partial charge in [-0.2, -0.15) is 26.3 Å². The van der Waals surface area contributed by atoms with Crippen LogP contribution >= 0.6 is 0 Å². The van der Waals surface area contributed by atoms with E-state index in [-0.39, 0.29) is 17.4 Å². The number of rotatable bonds is 3.